The van der Waals surface area contributed by atoms with Gasteiger partial charge in [-0.15, -0.1) is 0 Å². The Balaban J connectivity index is 1.40. The highest BCUT2D eigenvalue weighted by Gasteiger charge is 2.16. The van der Waals surface area contributed by atoms with Crippen LogP contribution >= 0.6 is 11.8 Å². The first-order valence-corrected chi connectivity index (χ1v) is 11.0. The van der Waals surface area contributed by atoms with Crippen molar-refractivity contribution in [3.05, 3.63) is 71.3 Å². The third-order valence-electron chi connectivity index (χ3n) is 4.87. The Morgan fingerprint density at radius 2 is 1.77 bits per heavy atom. The Kier molecular flexibility index (Phi) is 6.09. The molecule has 0 bridgehead atoms. The van der Waals surface area contributed by atoms with Crippen molar-refractivity contribution in [2.45, 2.75) is 31.3 Å². The molecule has 2 N–H and O–H groups in total. The minimum Gasteiger partial charge on any atom is -0.439 e. The highest BCUT2D eigenvalue weighted by molar-refractivity contribution is 7.98. The first kappa shape index (κ1) is 20.1. The van der Waals surface area contributed by atoms with Gasteiger partial charge in [0.2, 0.25) is 5.88 Å². The number of anilines is 1. The van der Waals surface area contributed by atoms with Gasteiger partial charge < -0.3 is 10.5 Å². The lowest BCUT2D eigenvalue weighted by molar-refractivity contribution is 0.456. The smallest absolute Gasteiger partial charge is 0.225 e. The molecule has 2 heterocycles. The predicted octanol–water partition coefficient (Wildman–Crippen LogP) is 4.93. The third-order valence-corrected chi connectivity index (χ3v) is 5.42. The van der Waals surface area contributed by atoms with Crippen molar-refractivity contribution in [2.24, 2.45) is 10.2 Å². The largest absolute Gasteiger partial charge is 0.439 e. The minimum absolute atomic E-state index is 0.385. The van der Waals surface area contributed by atoms with Crippen molar-refractivity contribution in [3.63, 3.8) is 0 Å². The van der Waals surface area contributed by atoms with Gasteiger partial charge in [-0.1, -0.05) is 43.0 Å². The number of benzene rings is 2. The van der Waals surface area contributed by atoms with Gasteiger partial charge in [0.05, 0.1) is 11.4 Å². The van der Waals surface area contributed by atoms with E-state index in [0.717, 1.165) is 36.2 Å². The number of aromatic nitrogens is 2. The number of hydrogen-bond acceptors (Lipinski definition) is 7. The van der Waals surface area contributed by atoms with Gasteiger partial charge in [-0.3, -0.25) is 0 Å². The molecule has 30 heavy (non-hydrogen) atoms. The van der Waals surface area contributed by atoms with Crippen molar-refractivity contribution in [2.75, 3.05) is 12.0 Å². The standard InChI is InChI=1S/C23H23N5OS/c1-3-15-6-4-5-7-17(15)12-18-13-20(28-27-18)16-8-10-19(11-9-16)29-22-14-21(24)25-23(26-22)30-2/h4-11,14H,3,12-13H2,1-2H3,(H2,24,25,26). The Morgan fingerprint density at radius 1 is 1.00 bits per heavy atom. The van der Waals surface area contributed by atoms with Crippen molar-refractivity contribution < 1.29 is 4.74 Å². The van der Waals surface area contributed by atoms with Crippen molar-refractivity contribution in [3.8, 4) is 11.6 Å². The molecule has 1 aromatic heterocycles. The quantitative estimate of drug-likeness (QED) is 0.435. The summed E-state index contributed by atoms with van der Waals surface area (Å²) in [6.07, 6.45) is 4.52. The lowest BCUT2D eigenvalue weighted by Crippen LogP contribution is -2.08. The topological polar surface area (TPSA) is 85.8 Å². The summed E-state index contributed by atoms with van der Waals surface area (Å²) in [7, 11) is 0. The van der Waals surface area contributed by atoms with Crippen LogP contribution in [0.4, 0.5) is 5.82 Å². The average molecular weight is 418 g/mol. The van der Waals surface area contributed by atoms with Gasteiger partial charge >= 0.3 is 0 Å². The van der Waals surface area contributed by atoms with Crippen LogP contribution < -0.4 is 10.5 Å². The fourth-order valence-corrected chi connectivity index (χ4v) is 3.73. The van der Waals surface area contributed by atoms with Crippen LogP contribution in [0.25, 0.3) is 0 Å². The van der Waals surface area contributed by atoms with Gasteiger partial charge in [0.1, 0.15) is 11.6 Å². The lowest BCUT2D eigenvalue weighted by Gasteiger charge is -2.08. The molecule has 0 spiro atoms. The Labute approximate surface area is 180 Å². The van der Waals surface area contributed by atoms with Crippen LogP contribution in [0.3, 0.4) is 0 Å². The van der Waals surface area contributed by atoms with Crippen LogP contribution in [-0.4, -0.2) is 27.6 Å². The summed E-state index contributed by atoms with van der Waals surface area (Å²) < 4.78 is 5.83. The highest BCUT2D eigenvalue weighted by atomic mass is 32.2. The van der Waals surface area contributed by atoms with E-state index < -0.39 is 0 Å². The van der Waals surface area contributed by atoms with E-state index in [1.54, 1.807) is 6.07 Å². The number of nitrogen functional groups attached to an aromatic ring is 1. The zero-order valence-electron chi connectivity index (χ0n) is 17.0. The summed E-state index contributed by atoms with van der Waals surface area (Å²) in [4.78, 5) is 8.45. The number of hydrogen-bond donors (Lipinski definition) is 1. The van der Waals surface area contributed by atoms with E-state index in [0.29, 0.717) is 22.6 Å². The van der Waals surface area contributed by atoms with Crippen LogP contribution in [0.1, 0.15) is 30.0 Å². The van der Waals surface area contributed by atoms with E-state index in [1.165, 1.54) is 22.9 Å². The van der Waals surface area contributed by atoms with Gasteiger partial charge in [0, 0.05) is 18.9 Å². The summed E-state index contributed by atoms with van der Waals surface area (Å²) in [6, 6.07) is 17.9. The van der Waals surface area contributed by atoms with Crippen LogP contribution in [0.15, 0.2) is 70.0 Å². The second-order valence-electron chi connectivity index (χ2n) is 6.93. The molecule has 7 heteroatoms. The summed E-state index contributed by atoms with van der Waals surface area (Å²) in [5, 5.41) is 9.41. The van der Waals surface area contributed by atoms with Crippen LogP contribution in [-0.2, 0) is 12.8 Å². The van der Waals surface area contributed by atoms with E-state index in [2.05, 4.69) is 51.4 Å². The maximum absolute atomic E-state index is 5.83. The Hall–Kier alpha value is -3.19. The van der Waals surface area contributed by atoms with E-state index >= 15 is 0 Å². The molecular weight excluding hydrogens is 394 g/mol. The molecule has 4 rings (SSSR count). The first-order valence-electron chi connectivity index (χ1n) is 9.80. The van der Waals surface area contributed by atoms with Gasteiger partial charge in [0.25, 0.3) is 0 Å². The first-order chi connectivity index (χ1) is 14.6. The normalized spacial score (nSPS) is 13.1. The molecule has 152 valence electrons. The van der Waals surface area contributed by atoms with Crippen LogP contribution in [0.2, 0.25) is 0 Å². The Bertz CT molecular complexity index is 1110. The molecule has 0 amide bonds. The second-order valence-corrected chi connectivity index (χ2v) is 7.71. The van der Waals surface area contributed by atoms with Crippen molar-refractivity contribution >= 4 is 29.0 Å². The number of thioether (sulfide) groups is 1. The summed E-state index contributed by atoms with van der Waals surface area (Å²) in [5.41, 5.74) is 11.6. The maximum Gasteiger partial charge on any atom is 0.225 e. The number of nitrogens with two attached hydrogens (primary N) is 1. The molecule has 0 aliphatic carbocycles. The molecule has 6 nitrogen and oxygen atoms in total. The zero-order valence-corrected chi connectivity index (χ0v) is 17.8. The Morgan fingerprint density at radius 3 is 2.50 bits per heavy atom. The third kappa shape index (κ3) is 4.68. The predicted molar refractivity (Wildman–Crippen MR) is 123 cm³/mol. The van der Waals surface area contributed by atoms with Crippen LogP contribution in [0.5, 0.6) is 11.6 Å². The van der Waals surface area contributed by atoms with E-state index in [-0.39, 0.29) is 0 Å². The van der Waals surface area contributed by atoms with E-state index in [1.807, 2.05) is 30.5 Å². The summed E-state index contributed by atoms with van der Waals surface area (Å²) in [6.45, 7) is 2.18. The molecule has 1 aliphatic rings. The molecule has 3 aromatic rings. The minimum atomic E-state index is 0.385. The molecule has 0 atom stereocenters. The number of ether oxygens (including phenoxy) is 1. The zero-order chi connectivity index (χ0) is 20.9. The van der Waals surface area contributed by atoms with Gasteiger partial charge in [0.15, 0.2) is 5.16 Å². The second kappa shape index (κ2) is 9.09. The SMILES string of the molecule is CCc1ccccc1CC1=NN=C(c2ccc(Oc3cc(N)nc(SC)n3)cc2)C1. The summed E-state index contributed by atoms with van der Waals surface area (Å²) in [5.74, 6) is 1.49. The van der Waals surface area contributed by atoms with Gasteiger partial charge in [-0.05, 0) is 53.6 Å². The van der Waals surface area contributed by atoms with E-state index in [9.17, 15) is 0 Å². The molecule has 0 saturated carbocycles. The maximum atomic E-state index is 5.83. The van der Waals surface area contributed by atoms with Crippen molar-refractivity contribution in [1.82, 2.24) is 9.97 Å². The molecule has 0 saturated heterocycles. The summed E-state index contributed by atoms with van der Waals surface area (Å²) >= 11 is 1.42. The average Bonchev–Trinajstić information content (AvgIpc) is 3.22. The molecule has 0 fully saturated rings. The fraction of sp³-hybridized carbons (Fsp3) is 0.217. The molecule has 1 aliphatic heterocycles. The number of nitrogens with zero attached hydrogens (tertiary/aromatic N) is 4. The monoisotopic (exact) mass is 417 g/mol. The van der Waals surface area contributed by atoms with Gasteiger partial charge in [-0.25, -0.2) is 4.98 Å². The number of aryl methyl sites for hydroxylation is 1. The molecular formula is C23H23N5OS. The molecule has 0 unspecified atom stereocenters. The highest BCUT2D eigenvalue weighted by Crippen LogP contribution is 2.25. The van der Waals surface area contributed by atoms with Crippen molar-refractivity contribution in [1.29, 1.82) is 0 Å². The molecule has 0 radical (unpaired) electrons. The number of rotatable bonds is 7. The van der Waals surface area contributed by atoms with Gasteiger partial charge in [-0.2, -0.15) is 15.2 Å². The molecule has 2 aromatic carbocycles. The van der Waals surface area contributed by atoms with E-state index in [4.69, 9.17) is 10.5 Å². The lowest BCUT2D eigenvalue weighted by atomic mass is 9.97. The fourth-order valence-electron chi connectivity index (χ4n) is 3.35. The van der Waals surface area contributed by atoms with Crippen LogP contribution in [0, 0.1) is 0 Å².